The lowest BCUT2D eigenvalue weighted by Crippen LogP contribution is -2.40. The number of hydrogen-bond acceptors (Lipinski definition) is 3. The second-order valence-electron chi connectivity index (χ2n) is 5.34. The molecule has 2 aromatic carbocycles. The van der Waals surface area contributed by atoms with Crippen LogP contribution in [0.4, 0.5) is 0 Å². The van der Waals surface area contributed by atoms with E-state index in [0.29, 0.717) is 17.5 Å². The number of halogens is 1. The molecular formula is C17H14INO3. The molecule has 1 heterocycles. The summed E-state index contributed by atoms with van der Waals surface area (Å²) in [6, 6.07) is 11.9. The van der Waals surface area contributed by atoms with Crippen molar-refractivity contribution >= 4 is 34.3 Å². The minimum Gasteiger partial charge on any atom is -0.508 e. The first kappa shape index (κ1) is 15.0. The number of phenols is 1. The van der Waals surface area contributed by atoms with Crippen molar-refractivity contribution in [2.45, 2.75) is 18.9 Å². The van der Waals surface area contributed by atoms with Gasteiger partial charge in [-0.15, -0.1) is 0 Å². The molecule has 4 nitrogen and oxygen atoms in total. The highest BCUT2D eigenvalue weighted by molar-refractivity contribution is 14.1. The molecule has 5 heteroatoms. The van der Waals surface area contributed by atoms with Crippen molar-refractivity contribution in [1.29, 1.82) is 0 Å². The van der Waals surface area contributed by atoms with Crippen molar-refractivity contribution in [1.82, 2.24) is 5.32 Å². The Morgan fingerprint density at radius 1 is 1.14 bits per heavy atom. The maximum absolute atomic E-state index is 12.4. The van der Waals surface area contributed by atoms with E-state index in [1.54, 1.807) is 6.07 Å². The molecule has 0 unspecified atom stereocenters. The number of aromatic hydroxyl groups is 1. The first-order chi connectivity index (χ1) is 10.5. The number of hydrogen-bond donors (Lipinski definition) is 2. The zero-order valence-corrected chi connectivity index (χ0v) is 13.8. The van der Waals surface area contributed by atoms with Gasteiger partial charge in [-0.1, -0.05) is 18.2 Å². The molecule has 1 aliphatic heterocycles. The molecule has 1 atom stereocenters. The Labute approximate surface area is 141 Å². The van der Waals surface area contributed by atoms with Gasteiger partial charge in [0.1, 0.15) is 5.75 Å². The topological polar surface area (TPSA) is 66.4 Å². The Hall–Kier alpha value is -1.89. The lowest BCUT2D eigenvalue weighted by atomic mass is 9.98. The van der Waals surface area contributed by atoms with Crippen LogP contribution in [0.15, 0.2) is 42.5 Å². The van der Waals surface area contributed by atoms with Crippen LogP contribution in [0.3, 0.4) is 0 Å². The van der Waals surface area contributed by atoms with Crippen LogP contribution in [0.2, 0.25) is 0 Å². The molecule has 2 N–H and O–H groups in total. The van der Waals surface area contributed by atoms with Gasteiger partial charge in [-0.2, -0.15) is 0 Å². The Morgan fingerprint density at radius 2 is 1.86 bits per heavy atom. The van der Waals surface area contributed by atoms with E-state index in [2.05, 4.69) is 27.9 Å². The molecule has 0 spiro atoms. The predicted octanol–water partition coefficient (Wildman–Crippen LogP) is 2.46. The maximum atomic E-state index is 12.4. The van der Waals surface area contributed by atoms with Gasteiger partial charge in [0.25, 0.3) is 5.91 Å². The molecule has 3 rings (SSSR count). The fourth-order valence-corrected chi connectivity index (χ4v) is 2.94. The second-order valence-corrected chi connectivity index (χ2v) is 6.59. The van der Waals surface area contributed by atoms with Crippen LogP contribution in [0.1, 0.15) is 21.5 Å². The number of fused-ring (bicyclic) bond motifs is 1. The number of carbonyl (C=O) groups is 2. The average molecular weight is 407 g/mol. The Balaban J connectivity index is 1.85. The first-order valence-electron chi connectivity index (χ1n) is 6.93. The SMILES string of the molecule is O=C1N[C@@H](Cc2ccc(I)cc2)C(=O)Cc2ccc(O)cc21. The summed E-state index contributed by atoms with van der Waals surface area (Å²) in [4.78, 5) is 24.7. The minimum absolute atomic E-state index is 0.0173. The van der Waals surface area contributed by atoms with Gasteiger partial charge >= 0.3 is 0 Å². The van der Waals surface area contributed by atoms with Gasteiger partial charge in [-0.05, 0) is 64.4 Å². The summed E-state index contributed by atoms with van der Waals surface area (Å²) in [5.74, 6) is -0.305. The van der Waals surface area contributed by atoms with Crippen LogP contribution in [0.5, 0.6) is 5.75 Å². The van der Waals surface area contributed by atoms with Gasteiger partial charge in [0.2, 0.25) is 0 Å². The fourth-order valence-electron chi connectivity index (χ4n) is 2.58. The van der Waals surface area contributed by atoms with Crippen molar-refractivity contribution in [3.05, 3.63) is 62.7 Å². The lowest BCUT2D eigenvalue weighted by Gasteiger charge is -2.14. The van der Waals surface area contributed by atoms with Gasteiger partial charge in [-0.3, -0.25) is 9.59 Å². The number of amides is 1. The summed E-state index contributed by atoms with van der Waals surface area (Å²) in [5.41, 5.74) is 2.04. The quantitative estimate of drug-likeness (QED) is 0.752. The van der Waals surface area contributed by atoms with Crippen LogP contribution in [-0.4, -0.2) is 22.8 Å². The van der Waals surface area contributed by atoms with Crippen molar-refractivity contribution in [3.8, 4) is 5.75 Å². The Kier molecular flexibility index (Phi) is 4.15. The number of rotatable bonds is 2. The molecule has 1 aliphatic rings. The molecule has 0 saturated heterocycles. The third-order valence-electron chi connectivity index (χ3n) is 3.75. The highest BCUT2D eigenvalue weighted by Gasteiger charge is 2.28. The van der Waals surface area contributed by atoms with Gasteiger partial charge in [0.05, 0.1) is 6.04 Å². The Morgan fingerprint density at radius 3 is 2.59 bits per heavy atom. The summed E-state index contributed by atoms with van der Waals surface area (Å²) < 4.78 is 1.13. The average Bonchev–Trinajstić information content (AvgIpc) is 2.60. The van der Waals surface area contributed by atoms with Crippen LogP contribution in [0, 0.1) is 3.57 Å². The first-order valence-corrected chi connectivity index (χ1v) is 8.01. The second kappa shape index (κ2) is 6.08. The Bertz CT molecular complexity index is 740. The standard InChI is InChI=1S/C17H14INO3/c18-12-4-1-10(2-5-12)7-15-16(21)8-11-3-6-13(20)9-14(11)17(22)19-15/h1-6,9,15,20H,7-8H2,(H,19,22)/t15-/m0/s1. The molecule has 1 amide bonds. The third-order valence-corrected chi connectivity index (χ3v) is 4.47. The summed E-state index contributed by atoms with van der Waals surface area (Å²) >= 11 is 2.22. The number of Topliss-reactive ketones (excluding diaryl/α,β-unsaturated/α-hetero) is 1. The van der Waals surface area contributed by atoms with E-state index in [0.717, 1.165) is 9.13 Å². The third kappa shape index (κ3) is 3.14. The maximum Gasteiger partial charge on any atom is 0.252 e. The number of benzene rings is 2. The van der Waals surface area contributed by atoms with E-state index < -0.39 is 6.04 Å². The highest BCUT2D eigenvalue weighted by Crippen LogP contribution is 2.21. The van der Waals surface area contributed by atoms with Crippen LogP contribution in [-0.2, 0) is 17.6 Å². The molecule has 0 aromatic heterocycles. The molecule has 22 heavy (non-hydrogen) atoms. The molecular weight excluding hydrogens is 393 g/mol. The number of ketones is 1. The van der Waals surface area contributed by atoms with Crippen molar-refractivity contribution in [2.24, 2.45) is 0 Å². The van der Waals surface area contributed by atoms with Crippen LogP contribution >= 0.6 is 22.6 Å². The van der Waals surface area contributed by atoms with Crippen LogP contribution in [0.25, 0.3) is 0 Å². The molecule has 2 aromatic rings. The monoisotopic (exact) mass is 407 g/mol. The number of phenolic OH excluding ortho intramolecular Hbond substituents is 1. The van der Waals surface area contributed by atoms with E-state index in [-0.39, 0.29) is 23.9 Å². The van der Waals surface area contributed by atoms with E-state index in [1.165, 1.54) is 12.1 Å². The van der Waals surface area contributed by atoms with E-state index in [9.17, 15) is 14.7 Å². The molecule has 0 saturated carbocycles. The fraction of sp³-hybridized carbons (Fsp3) is 0.176. The largest absolute Gasteiger partial charge is 0.508 e. The summed E-state index contributed by atoms with van der Waals surface area (Å²) in [5, 5.41) is 12.3. The predicted molar refractivity (Wildman–Crippen MR) is 90.9 cm³/mol. The van der Waals surface area contributed by atoms with Crippen molar-refractivity contribution in [2.75, 3.05) is 0 Å². The molecule has 0 bridgehead atoms. The van der Waals surface area contributed by atoms with Gasteiger partial charge in [-0.25, -0.2) is 0 Å². The van der Waals surface area contributed by atoms with Gasteiger partial charge in [0, 0.05) is 15.6 Å². The van der Waals surface area contributed by atoms with Crippen molar-refractivity contribution < 1.29 is 14.7 Å². The van der Waals surface area contributed by atoms with Crippen LogP contribution < -0.4 is 5.32 Å². The number of nitrogens with one attached hydrogen (secondary N) is 1. The summed E-state index contributed by atoms with van der Waals surface area (Å²) in [6.45, 7) is 0. The zero-order chi connectivity index (χ0) is 15.7. The highest BCUT2D eigenvalue weighted by atomic mass is 127. The molecule has 0 fully saturated rings. The minimum atomic E-state index is -0.540. The van der Waals surface area contributed by atoms with E-state index in [4.69, 9.17) is 0 Å². The lowest BCUT2D eigenvalue weighted by molar-refractivity contribution is -0.120. The molecule has 0 aliphatic carbocycles. The zero-order valence-electron chi connectivity index (χ0n) is 11.7. The normalized spacial score (nSPS) is 17.6. The van der Waals surface area contributed by atoms with E-state index in [1.807, 2.05) is 24.3 Å². The van der Waals surface area contributed by atoms with Gasteiger partial charge < -0.3 is 10.4 Å². The smallest absolute Gasteiger partial charge is 0.252 e. The van der Waals surface area contributed by atoms with Gasteiger partial charge in [0.15, 0.2) is 5.78 Å². The summed E-state index contributed by atoms with van der Waals surface area (Å²) in [7, 11) is 0. The summed E-state index contributed by atoms with van der Waals surface area (Å²) in [6.07, 6.45) is 0.671. The van der Waals surface area contributed by atoms with Crippen molar-refractivity contribution in [3.63, 3.8) is 0 Å². The number of carbonyl (C=O) groups excluding carboxylic acids is 2. The van der Waals surface area contributed by atoms with E-state index >= 15 is 0 Å². The molecule has 112 valence electrons. The molecule has 0 radical (unpaired) electrons.